The minimum absolute atomic E-state index is 0.0288. The van der Waals surface area contributed by atoms with Crippen molar-refractivity contribution >= 4 is 32.9 Å². The fourth-order valence-corrected chi connectivity index (χ4v) is 6.24. The number of hydrogen-bond acceptors (Lipinski definition) is 6. The molecule has 0 bridgehead atoms. The maximum Gasteiger partial charge on any atom is 0.262 e. The lowest BCUT2D eigenvalue weighted by Gasteiger charge is -2.23. The number of halogens is 2. The van der Waals surface area contributed by atoms with Crippen molar-refractivity contribution in [2.45, 2.75) is 51.7 Å². The molecule has 0 amide bonds. The highest BCUT2D eigenvalue weighted by Gasteiger charge is 2.26. The van der Waals surface area contributed by atoms with Gasteiger partial charge in [0.2, 0.25) is 0 Å². The first kappa shape index (κ1) is 21.4. The third-order valence-electron chi connectivity index (χ3n) is 6.09. The molecule has 1 aliphatic rings. The van der Waals surface area contributed by atoms with E-state index in [-0.39, 0.29) is 24.2 Å². The largest absolute Gasteiger partial charge is 0.309 e. The molecule has 4 aromatic rings. The van der Waals surface area contributed by atoms with Crippen molar-refractivity contribution in [3.05, 3.63) is 78.6 Å². The third kappa shape index (κ3) is 3.78. The summed E-state index contributed by atoms with van der Waals surface area (Å²) in [5.74, 6) is -1.63. The number of aryl methyl sites for hydroxylation is 2. The van der Waals surface area contributed by atoms with Crippen LogP contribution < -0.4 is 10.9 Å². The smallest absolute Gasteiger partial charge is 0.262 e. The van der Waals surface area contributed by atoms with Gasteiger partial charge in [-0.2, -0.15) is 0 Å². The molecule has 166 valence electrons. The molecule has 0 saturated carbocycles. The van der Waals surface area contributed by atoms with Gasteiger partial charge in [0.1, 0.15) is 4.83 Å². The molecule has 0 spiro atoms. The molecule has 5 nitrogen and oxygen atoms in total. The van der Waals surface area contributed by atoms with Crippen LogP contribution in [-0.4, -0.2) is 20.6 Å². The Bertz CT molecular complexity index is 1360. The van der Waals surface area contributed by atoms with Crippen LogP contribution >= 0.6 is 22.7 Å². The monoisotopic (exact) mass is 472 g/mol. The second kappa shape index (κ2) is 8.46. The lowest BCUT2D eigenvalue weighted by atomic mass is 9.93. The van der Waals surface area contributed by atoms with E-state index in [9.17, 15) is 13.6 Å². The molecular formula is C23H22F2N4OS2. The van der Waals surface area contributed by atoms with Gasteiger partial charge in [0, 0.05) is 28.4 Å². The number of rotatable bonds is 5. The van der Waals surface area contributed by atoms with Gasteiger partial charge in [-0.15, -0.1) is 22.7 Å². The summed E-state index contributed by atoms with van der Waals surface area (Å²) in [6, 6.07) is 4.19. The summed E-state index contributed by atoms with van der Waals surface area (Å²) in [6.45, 7) is 4.19. The average Bonchev–Trinajstić information content (AvgIpc) is 3.38. The van der Waals surface area contributed by atoms with Crippen LogP contribution in [0.5, 0.6) is 0 Å². The Labute approximate surface area is 191 Å². The molecule has 3 aromatic heterocycles. The Morgan fingerprint density at radius 1 is 1.34 bits per heavy atom. The van der Waals surface area contributed by atoms with Crippen LogP contribution in [0.1, 0.15) is 46.1 Å². The Morgan fingerprint density at radius 2 is 2.19 bits per heavy atom. The normalized spacial score (nSPS) is 16.9. The van der Waals surface area contributed by atoms with E-state index >= 15 is 0 Å². The van der Waals surface area contributed by atoms with Crippen molar-refractivity contribution in [1.29, 1.82) is 0 Å². The maximum absolute atomic E-state index is 13.9. The van der Waals surface area contributed by atoms with Crippen molar-refractivity contribution in [2.75, 3.05) is 0 Å². The first-order chi connectivity index (χ1) is 15.4. The van der Waals surface area contributed by atoms with Crippen LogP contribution in [0.25, 0.3) is 10.2 Å². The van der Waals surface area contributed by atoms with E-state index in [1.807, 2.05) is 19.2 Å². The molecule has 5 rings (SSSR count). The summed E-state index contributed by atoms with van der Waals surface area (Å²) in [7, 11) is 0. The van der Waals surface area contributed by atoms with Crippen LogP contribution in [0.15, 0.2) is 34.7 Å². The number of aromatic nitrogens is 3. The molecular weight excluding hydrogens is 450 g/mol. The summed E-state index contributed by atoms with van der Waals surface area (Å²) in [5.41, 5.74) is 2.24. The molecule has 1 aromatic carbocycles. The number of fused-ring (bicyclic) bond motifs is 3. The molecule has 1 N–H and O–H groups in total. The van der Waals surface area contributed by atoms with Crippen LogP contribution in [-0.2, 0) is 19.4 Å². The Hall–Kier alpha value is -2.49. The highest BCUT2D eigenvalue weighted by molar-refractivity contribution is 7.18. The highest BCUT2D eigenvalue weighted by atomic mass is 32.1. The van der Waals surface area contributed by atoms with Crippen LogP contribution in [0.4, 0.5) is 8.78 Å². The predicted molar refractivity (Wildman–Crippen MR) is 124 cm³/mol. The Balaban J connectivity index is 1.39. The van der Waals surface area contributed by atoms with Gasteiger partial charge >= 0.3 is 0 Å². The first-order valence-corrected chi connectivity index (χ1v) is 12.2. The van der Waals surface area contributed by atoms with Gasteiger partial charge < -0.3 is 5.32 Å². The van der Waals surface area contributed by atoms with Crippen LogP contribution in [0.3, 0.4) is 0 Å². The van der Waals surface area contributed by atoms with Crippen LogP contribution in [0.2, 0.25) is 0 Å². The number of nitrogens with zero attached hydrogens (tertiary/aromatic N) is 3. The predicted octanol–water partition coefficient (Wildman–Crippen LogP) is 4.76. The second-order valence-corrected chi connectivity index (χ2v) is 10.3. The third-order valence-corrected chi connectivity index (χ3v) is 8.04. The first-order valence-electron chi connectivity index (χ1n) is 10.5. The zero-order valence-corrected chi connectivity index (χ0v) is 19.3. The second-order valence-electron chi connectivity index (χ2n) is 8.14. The summed E-state index contributed by atoms with van der Waals surface area (Å²) in [6.07, 6.45) is 3.94. The lowest BCUT2D eigenvalue weighted by Crippen LogP contribution is -2.34. The Kier molecular flexibility index (Phi) is 5.65. The maximum atomic E-state index is 13.9. The van der Waals surface area contributed by atoms with E-state index in [1.165, 1.54) is 6.07 Å². The Morgan fingerprint density at radius 3 is 2.97 bits per heavy atom. The van der Waals surface area contributed by atoms with E-state index < -0.39 is 11.6 Å². The van der Waals surface area contributed by atoms with Gasteiger partial charge in [-0.25, -0.2) is 18.7 Å². The summed E-state index contributed by atoms with van der Waals surface area (Å²) < 4.78 is 29.1. The zero-order valence-electron chi connectivity index (χ0n) is 17.7. The molecule has 32 heavy (non-hydrogen) atoms. The summed E-state index contributed by atoms with van der Waals surface area (Å²) in [4.78, 5) is 24.4. The zero-order chi connectivity index (χ0) is 22.4. The molecule has 9 heteroatoms. The summed E-state index contributed by atoms with van der Waals surface area (Å²) in [5, 5.41) is 7.01. The number of nitrogens with one attached hydrogen (secondary N) is 1. The molecule has 0 fully saturated rings. The standard InChI is InChI=1S/C23H22F2N4OS2/c1-12(18-10-31-13(2)28-18)29-11-27-22-20(23(29)30)16-7-6-15(8-19(16)32-22)26-9-14-4-3-5-17(24)21(14)25/h3-5,10-12,15,26H,6-9H2,1-2H3/t12-,15-/m0/s1. The summed E-state index contributed by atoms with van der Waals surface area (Å²) >= 11 is 3.12. The molecule has 0 unspecified atom stereocenters. The van der Waals surface area contributed by atoms with Gasteiger partial charge in [0.05, 0.1) is 28.5 Å². The number of benzene rings is 1. The lowest BCUT2D eigenvalue weighted by molar-refractivity contribution is 0.445. The quantitative estimate of drug-likeness (QED) is 0.455. The molecule has 0 aliphatic heterocycles. The number of thiazole rings is 1. The van der Waals surface area contributed by atoms with Gasteiger partial charge in [-0.05, 0) is 44.7 Å². The molecule has 1 aliphatic carbocycles. The molecule has 3 heterocycles. The number of thiophene rings is 1. The number of hydrogen-bond donors (Lipinski definition) is 1. The van der Waals surface area contributed by atoms with E-state index in [0.29, 0.717) is 10.9 Å². The van der Waals surface area contributed by atoms with Crippen LogP contribution in [0, 0.1) is 18.6 Å². The van der Waals surface area contributed by atoms with E-state index in [0.717, 1.165) is 51.3 Å². The minimum Gasteiger partial charge on any atom is -0.309 e. The fourth-order valence-electron chi connectivity index (χ4n) is 4.28. The SMILES string of the molecule is Cc1nc([C@H](C)n2cnc3sc4c(c3c2=O)CC[C@H](NCc2cccc(F)c2F)C4)cs1. The molecule has 0 saturated heterocycles. The van der Waals surface area contributed by atoms with Crippen molar-refractivity contribution in [3.63, 3.8) is 0 Å². The topological polar surface area (TPSA) is 59.8 Å². The minimum atomic E-state index is -0.830. The van der Waals surface area contributed by atoms with Gasteiger partial charge in [0.15, 0.2) is 11.6 Å². The van der Waals surface area contributed by atoms with Gasteiger partial charge in [-0.1, -0.05) is 12.1 Å². The van der Waals surface area contributed by atoms with E-state index in [2.05, 4.69) is 15.3 Å². The highest BCUT2D eigenvalue weighted by Crippen LogP contribution is 2.34. The van der Waals surface area contributed by atoms with E-state index in [1.54, 1.807) is 39.6 Å². The van der Waals surface area contributed by atoms with Gasteiger partial charge in [-0.3, -0.25) is 9.36 Å². The van der Waals surface area contributed by atoms with E-state index in [4.69, 9.17) is 0 Å². The van der Waals surface area contributed by atoms with Crippen molar-refractivity contribution in [2.24, 2.45) is 0 Å². The van der Waals surface area contributed by atoms with Crippen molar-refractivity contribution in [3.8, 4) is 0 Å². The molecule has 2 atom stereocenters. The van der Waals surface area contributed by atoms with Crippen molar-refractivity contribution < 1.29 is 8.78 Å². The fraction of sp³-hybridized carbons (Fsp3) is 0.348. The molecule has 0 radical (unpaired) electrons. The average molecular weight is 473 g/mol. The van der Waals surface area contributed by atoms with Crippen molar-refractivity contribution in [1.82, 2.24) is 19.9 Å². The van der Waals surface area contributed by atoms with Gasteiger partial charge in [0.25, 0.3) is 5.56 Å².